The fraction of sp³-hybridized carbons (Fsp3) is 0.625. The molecule has 0 radical (unpaired) electrons. The van der Waals surface area contributed by atoms with E-state index in [-0.39, 0.29) is 11.9 Å². The smallest absolute Gasteiger partial charge is 0.225 e. The number of rotatable bonds is 1. The monoisotopic (exact) mass is 194 g/mol. The van der Waals surface area contributed by atoms with E-state index in [1.54, 1.807) is 0 Å². The van der Waals surface area contributed by atoms with Crippen LogP contribution in [-0.4, -0.2) is 28.0 Å². The number of nitrogens with one attached hydrogen (secondary N) is 1. The van der Waals surface area contributed by atoms with Crippen molar-refractivity contribution in [2.75, 3.05) is 24.6 Å². The molecule has 1 aromatic heterocycles. The molecule has 2 heterocycles. The summed E-state index contributed by atoms with van der Waals surface area (Å²) in [7, 11) is 0. The Balaban J connectivity index is 2.31. The topological polar surface area (TPSA) is 103 Å². The van der Waals surface area contributed by atoms with Crippen LogP contribution in [0.3, 0.4) is 0 Å². The molecule has 0 saturated carbocycles. The molecular formula is C8H14N6. The number of nitrogen functional groups attached to an aromatic ring is 2. The van der Waals surface area contributed by atoms with Crippen molar-refractivity contribution < 1.29 is 0 Å². The van der Waals surface area contributed by atoms with E-state index >= 15 is 0 Å². The molecule has 6 heteroatoms. The van der Waals surface area contributed by atoms with Crippen LogP contribution in [0, 0.1) is 5.92 Å². The minimum Gasteiger partial charge on any atom is -0.368 e. The molecule has 5 N–H and O–H groups in total. The quantitative estimate of drug-likeness (QED) is 0.549. The van der Waals surface area contributed by atoms with Crippen LogP contribution in [0.25, 0.3) is 0 Å². The second kappa shape index (κ2) is 3.38. The van der Waals surface area contributed by atoms with Crippen molar-refractivity contribution in [3.8, 4) is 0 Å². The van der Waals surface area contributed by atoms with E-state index in [9.17, 15) is 0 Å². The summed E-state index contributed by atoms with van der Waals surface area (Å²) in [6, 6.07) is 0. The van der Waals surface area contributed by atoms with E-state index in [4.69, 9.17) is 11.5 Å². The highest BCUT2D eigenvalue weighted by molar-refractivity contribution is 5.27. The normalized spacial score (nSPS) is 26.6. The standard InChI is InChI=1S/C8H14N6/c1-4-2-11-3-5(4)6-12-7(9)14-8(10)13-6/h4-5,11H,2-3H2,1H3,(H4,9,10,12,13,14). The molecule has 1 aliphatic rings. The lowest BCUT2D eigenvalue weighted by molar-refractivity contribution is 0.545. The van der Waals surface area contributed by atoms with Gasteiger partial charge in [-0.3, -0.25) is 0 Å². The maximum atomic E-state index is 5.51. The molecule has 0 aliphatic carbocycles. The average Bonchev–Trinajstić information content (AvgIpc) is 2.49. The zero-order valence-corrected chi connectivity index (χ0v) is 8.07. The van der Waals surface area contributed by atoms with Crippen LogP contribution >= 0.6 is 0 Å². The molecule has 0 amide bonds. The van der Waals surface area contributed by atoms with Gasteiger partial charge >= 0.3 is 0 Å². The van der Waals surface area contributed by atoms with Crippen molar-refractivity contribution in [2.45, 2.75) is 12.8 Å². The fourth-order valence-electron chi connectivity index (χ4n) is 1.75. The lowest BCUT2D eigenvalue weighted by Crippen LogP contribution is -2.15. The predicted molar refractivity (Wildman–Crippen MR) is 53.4 cm³/mol. The van der Waals surface area contributed by atoms with Gasteiger partial charge in [0, 0.05) is 12.5 Å². The second-order valence-corrected chi connectivity index (χ2v) is 3.65. The van der Waals surface area contributed by atoms with Crippen molar-refractivity contribution >= 4 is 11.9 Å². The molecule has 76 valence electrons. The summed E-state index contributed by atoms with van der Waals surface area (Å²) in [5.74, 6) is 1.91. The first-order chi connectivity index (χ1) is 6.66. The van der Waals surface area contributed by atoms with Gasteiger partial charge in [0.1, 0.15) is 5.82 Å². The summed E-state index contributed by atoms with van der Waals surface area (Å²) < 4.78 is 0. The first kappa shape index (κ1) is 9.14. The SMILES string of the molecule is CC1CNCC1c1nc(N)nc(N)n1. The van der Waals surface area contributed by atoms with Gasteiger partial charge in [-0.05, 0) is 12.5 Å². The van der Waals surface area contributed by atoms with Gasteiger partial charge in [0.25, 0.3) is 0 Å². The molecule has 2 unspecified atom stereocenters. The molecular weight excluding hydrogens is 180 g/mol. The zero-order valence-electron chi connectivity index (χ0n) is 8.07. The molecule has 1 aromatic rings. The number of anilines is 2. The zero-order chi connectivity index (χ0) is 10.1. The summed E-state index contributed by atoms with van der Waals surface area (Å²) in [6.07, 6.45) is 0. The van der Waals surface area contributed by atoms with Crippen LogP contribution in [0.15, 0.2) is 0 Å². The van der Waals surface area contributed by atoms with Crippen molar-refractivity contribution in [1.82, 2.24) is 20.3 Å². The Labute approximate surface area is 82.1 Å². The number of nitrogens with zero attached hydrogens (tertiary/aromatic N) is 3. The van der Waals surface area contributed by atoms with Crippen LogP contribution in [0.2, 0.25) is 0 Å². The van der Waals surface area contributed by atoms with Gasteiger partial charge in [0.2, 0.25) is 11.9 Å². The highest BCUT2D eigenvalue weighted by Crippen LogP contribution is 2.25. The first-order valence-corrected chi connectivity index (χ1v) is 4.64. The van der Waals surface area contributed by atoms with Gasteiger partial charge in [-0.1, -0.05) is 6.92 Å². The summed E-state index contributed by atoms with van der Waals surface area (Å²) >= 11 is 0. The molecule has 2 atom stereocenters. The van der Waals surface area contributed by atoms with Crippen molar-refractivity contribution in [1.29, 1.82) is 0 Å². The maximum Gasteiger partial charge on any atom is 0.225 e. The Hall–Kier alpha value is -1.43. The van der Waals surface area contributed by atoms with Crippen molar-refractivity contribution in [3.63, 3.8) is 0 Å². The van der Waals surface area contributed by atoms with Crippen molar-refractivity contribution in [3.05, 3.63) is 5.82 Å². The van der Waals surface area contributed by atoms with E-state index in [1.165, 1.54) is 0 Å². The number of hydrogen-bond donors (Lipinski definition) is 3. The Morgan fingerprint density at radius 1 is 1.14 bits per heavy atom. The highest BCUT2D eigenvalue weighted by Gasteiger charge is 2.27. The minimum absolute atomic E-state index is 0.201. The average molecular weight is 194 g/mol. The van der Waals surface area contributed by atoms with Gasteiger partial charge in [-0.15, -0.1) is 0 Å². The maximum absolute atomic E-state index is 5.51. The van der Waals surface area contributed by atoms with Gasteiger partial charge in [0.05, 0.1) is 0 Å². The van der Waals surface area contributed by atoms with Gasteiger partial charge in [-0.25, -0.2) is 0 Å². The van der Waals surface area contributed by atoms with E-state index in [1.807, 2.05) is 0 Å². The Kier molecular flexibility index (Phi) is 2.20. The van der Waals surface area contributed by atoms with Crippen molar-refractivity contribution in [2.24, 2.45) is 5.92 Å². The molecule has 14 heavy (non-hydrogen) atoms. The first-order valence-electron chi connectivity index (χ1n) is 4.64. The van der Waals surface area contributed by atoms with Gasteiger partial charge in [-0.2, -0.15) is 15.0 Å². The Morgan fingerprint density at radius 2 is 1.79 bits per heavy atom. The van der Waals surface area contributed by atoms with Gasteiger partial charge in [0.15, 0.2) is 0 Å². The van der Waals surface area contributed by atoms with Gasteiger partial charge < -0.3 is 16.8 Å². The lowest BCUT2D eigenvalue weighted by atomic mass is 9.97. The third-order valence-corrected chi connectivity index (χ3v) is 2.54. The van der Waals surface area contributed by atoms with Crippen LogP contribution in [-0.2, 0) is 0 Å². The van der Waals surface area contributed by atoms with Crippen LogP contribution in [0.4, 0.5) is 11.9 Å². The van der Waals surface area contributed by atoms with E-state index < -0.39 is 0 Å². The number of hydrogen-bond acceptors (Lipinski definition) is 6. The molecule has 1 aliphatic heterocycles. The van der Waals surface area contributed by atoms with E-state index in [0.29, 0.717) is 17.7 Å². The van der Waals surface area contributed by atoms with E-state index in [2.05, 4.69) is 27.2 Å². The molecule has 1 saturated heterocycles. The Morgan fingerprint density at radius 3 is 2.29 bits per heavy atom. The molecule has 6 nitrogen and oxygen atoms in total. The molecule has 0 spiro atoms. The summed E-state index contributed by atoms with van der Waals surface area (Å²) in [6.45, 7) is 4.01. The predicted octanol–water partition coefficient (Wildman–Crippen LogP) is -0.641. The molecule has 2 rings (SSSR count). The molecule has 1 fully saturated rings. The Bertz CT molecular complexity index is 318. The van der Waals surface area contributed by atoms with Crippen LogP contribution in [0.1, 0.15) is 18.7 Å². The number of nitrogens with two attached hydrogens (primary N) is 2. The number of aromatic nitrogens is 3. The summed E-state index contributed by atoms with van der Waals surface area (Å²) in [5.41, 5.74) is 11.0. The third-order valence-electron chi connectivity index (χ3n) is 2.54. The molecule has 0 bridgehead atoms. The highest BCUT2D eigenvalue weighted by atomic mass is 15.1. The lowest BCUT2D eigenvalue weighted by Gasteiger charge is -2.12. The fourth-order valence-corrected chi connectivity index (χ4v) is 1.75. The minimum atomic E-state index is 0.201. The van der Waals surface area contributed by atoms with Crippen LogP contribution in [0.5, 0.6) is 0 Å². The molecule has 0 aromatic carbocycles. The largest absolute Gasteiger partial charge is 0.368 e. The summed E-state index contributed by atoms with van der Waals surface area (Å²) in [4.78, 5) is 11.9. The van der Waals surface area contributed by atoms with E-state index in [0.717, 1.165) is 13.1 Å². The second-order valence-electron chi connectivity index (χ2n) is 3.65. The van der Waals surface area contributed by atoms with Crippen LogP contribution < -0.4 is 16.8 Å². The third kappa shape index (κ3) is 1.60. The summed E-state index contributed by atoms with van der Waals surface area (Å²) in [5, 5.41) is 3.28.